The number of aromatic nitrogens is 1. The van der Waals surface area contributed by atoms with Crippen LogP contribution in [0.2, 0.25) is 0 Å². The summed E-state index contributed by atoms with van der Waals surface area (Å²) in [5.41, 5.74) is 8.07. The summed E-state index contributed by atoms with van der Waals surface area (Å²) in [6.45, 7) is 4.09. The van der Waals surface area contributed by atoms with Crippen molar-refractivity contribution in [1.29, 1.82) is 0 Å². The van der Waals surface area contributed by atoms with Gasteiger partial charge in [-0.25, -0.2) is 5.43 Å². The van der Waals surface area contributed by atoms with Gasteiger partial charge in [0.05, 0.1) is 18.7 Å². The smallest absolute Gasteiger partial charge is 0.122 e. The Morgan fingerprint density at radius 3 is 2.67 bits per heavy atom. The van der Waals surface area contributed by atoms with Gasteiger partial charge in [-0.15, -0.1) is 11.3 Å². The van der Waals surface area contributed by atoms with E-state index in [9.17, 15) is 0 Å². The average molecular weight is 263 g/mol. The number of hydrazine groups is 1. The molecule has 0 bridgehead atoms. The third kappa shape index (κ3) is 2.38. The van der Waals surface area contributed by atoms with Gasteiger partial charge >= 0.3 is 0 Å². The van der Waals surface area contributed by atoms with Gasteiger partial charge < -0.3 is 4.74 Å². The molecule has 0 radical (unpaired) electrons. The van der Waals surface area contributed by atoms with Crippen molar-refractivity contribution >= 4 is 11.3 Å². The fraction of sp³-hybridized carbons (Fsp3) is 0.308. The van der Waals surface area contributed by atoms with E-state index in [1.165, 1.54) is 0 Å². The summed E-state index contributed by atoms with van der Waals surface area (Å²) in [6, 6.07) is 4.12. The molecular formula is C13H17N3OS. The quantitative estimate of drug-likeness (QED) is 0.656. The van der Waals surface area contributed by atoms with Crippen LogP contribution in [0.1, 0.15) is 27.6 Å². The molecule has 1 atom stereocenters. The van der Waals surface area contributed by atoms with E-state index in [1.807, 2.05) is 24.7 Å². The molecule has 5 heteroatoms. The summed E-state index contributed by atoms with van der Waals surface area (Å²) in [5, 5.41) is 0. The zero-order valence-electron chi connectivity index (χ0n) is 10.7. The van der Waals surface area contributed by atoms with Crippen molar-refractivity contribution in [3.63, 3.8) is 0 Å². The number of methoxy groups -OCH3 is 1. The lowest BCUT2D eigenvalue weighted by Gasteiger charge is -2.19. The summed E-state index contributed by atoms with van der Waals surface area (Å²) >= 11 is 1.59. The van der Waals surface area contributed by atoms with Crippen LogP contribution in [0.15, 0.2) is 23.8 Å². The third-order valence-electron chi connectivity index (χ3n) is 3.00. The summed E-state index contributed by atoms with van der Waals surface area (Å²) in [7, 11) is 1.68. The number of nitrogens with two attached hydrogens (primary N) is 1. The molecule has 1 aromatic heterocycles. The number of thiazole rings is 1. The Hall–Kier alpha value is -1.43. The summed E-state index contributed by atoms with van der Waals surface area (Å²) in [5.74, 6) is 6.58. The zero-order valence-corrected chi connectivity index (χ0v) is 11.5. The van der Waals surface area contributed by atoms with Crippen molar-refractivity contribution in [3.05, 3.63) is 45.4 Å². The molecule has 1 aromatic carbocycles. The highest BCUT2D eigenvalue weighted by Gasteiger charge is 2.17. The van der Waals surface area contributed by atoms with Crippen LogP contribution in [0, 0.1) is 13.8 Å². The lowest BCUT2D eigenvalue weighted by Crippen LogP contribution is -2.28. The van der Waals surface area contributed by atoms with Crippen molar-refractivity contribution in [3.8, 4) is 5.75 Å². The predicted octanol–water partition coefficient (Wildman–Crippen LogP) is 2.32. The minimum absolute atomic E-state index is 0.0258. The standard InChI is InChI=1S/C13H17N3OS/c1-8-5-11(17-3)9(2)4-10(8)13(16-14)12-6-15-7-18-12/h4-7,13,16H,14H2,1-3H3. The number of ether oxygens (including phenoxy) is 1. The van der Waals surface area contributed by atoms with Crippen LogP contribution in [-0.4, -0.2) is 12.1 Å². The minimum atomic E-state index is -0.0258. The van der Waals surface area contributed by atoms with Crippen LogP contribution in [0.25, 0.3) is 0 Å². The second-order valence-electron chi connectivity index (χ2n) is 4.18. The third-order valence-corrected chi connectivity index (χ3v) is 3.84. The Morgan fingerprint density at radius 2 is 2.11 bits per heavy atom. The van der Waals surface area contributed by atoms with E-state index in [2.05, 4.69) is 23.4 Å². The second-order valence-corrected chi connectivity index (χ2v) is 5.10. The Bertz CT molecular complexity index is 525. The van der Waals surface area contributed by atoms with Gasteiger partial charge in [-0.05, 0) is 36.6 Å². The molecule has 1 unspecified atom stereocenters. The highest BCUT2D eigenvalue weighted by Crippen LogP contribution is 2.31. The molecule has 1 heterocycles. The highest BCUT2D eigenvalue weighted by atomic mass is 32.1. The van der Waals surface area contributed by atoms with Gasteiger partial charge in [0.2, 0.25) is 0 Å². The lowest BCUT2D eigenvalue weighted by molar-refractivity contribution is 0.411. The second kappa shape index (κ2) is 5.48. The van der Waals surface area contributed by atoms with E-state index in [-0.39, 0.29) is 6.04 Å². The average Bonchev–Trinajstić information content (AvgIpc) is 2.87. The van der Waals surface area contributed by atoms with Crippen molar-refractivity contribution < 1.29 is 4.74 Å². The van der Waals surface area contributed by atoms with Crippen LogP contribution in [0.3, 0.4) is 0 Å². The zero-order chi connectivity index (χ0) is 13.1. The Morgan fingerprint density at radius 1 is 1.33 bits per heavy atom. The first-order valence-electron chi connectivity index (χ1n) is 5.67. The maximum atomic E-state index is 5.68. The van der Waals surface area contributed by atoms with Crippen LogP contribution in [-0.2, 0) is 0 Å². The van der Waals surface area contributed by atoms with Crippen molar-refractivity contribution in [2.45, 2.75) is 19.9 Å². The fourth-order valence-corrected chi connectivity index (χ4v) is 2.73. The molecular weight excluding hydrogens is 246 g/mol. The van der Waals surface area contributed by atoms with Crippen molar-refractivity contribution in [2.75, 3.05) is 7.11 Å². The molecule has 4 nitrogen and oxygen atoms in total. The largest absolute Gasteiger partial charge is 0.496 e. The molecule has 0 aliphatic heterocycles. The topological polar surface area (TPSA) is 60.2 Å². The molecule has 0 spiro atoms. The van der Waals surface area contributed by atoms with E-state index in [4.69, 9.17) is 10.6 Å². The van der Waals surface area contributed by atoms with E-state index >= 15 is 0 Å². The van der Waals surface area contributed by atoms with Gasteiger partial charge in [0.1, 0.15) is 5.75 Å². The summed E-state index contributed by atoms with van der Waals surface area (Å²) in [4.78, 5) is 5.20. The summed E-state index contributed by atoms with van der Waals surface area (Å²) in [6.07, 6.45) is 1.84. The van der Waals surface area contributed by atoms with Gasteiger partial charge in [0.15, 0.2) is 0 Å². The highest BCUT2D eigenvalue weighted by molar-refractivity contribution is 7.09. The fourth-order valence-electron chi connectivity index (χ4n) is 2.04. The van der Waals surface area contributed by atoms with Gasteiger partial charge in [0, 0.05) is 11.1 Å². The molecule has 0 aliphatic rings. The summed E-state index contributed by atoms with van der Waals surface area (Å²) < 4.78 is 5.32. The van der Waals surface area contributed by atoms with Gasteiger partial charge in [0.25, 0.3) is 0 Å². The number of benzene rings is 1. The van der Waals surface area contributed by atoms with E-state index in [0.29, 0.717) is 0 Å². The van der Waals surface area contributed by atoms with E-state index in [0.717, 1.165) is 27.3 Å². The number of nitrogens with zero attached hydrogens (tertiary/aromatic N) is 1. The first kappa shape index (κ1) is 13.0. The molecule has 0 aliphatic carbocycles. The molecule has 0 fully saturated rings. The number of rotatable bonds is 4. The van der Waals surface area contributed by atoms with Crippen LogP contribution in [0.4, 0.5) is 0 Å². The van der Waals surface area contributed by atoms with E-state index < -0.39 is 0 Å². The molecule has 0 saturated carbocycles. The number of hydrogen-bond acceptors (Lipinski definition) is 5. The molecule has 18 heavy (non-hydrogen) atoms. The Labute approximate surface area is 111 Å². The van der Waals surface area contributed by atoms with Crippen molar-refractivity contribution in [2.24, 2.45) is 5.84 Å². The predicted molar refractivity (Wildman–Crippen MR) is 73.7 cm³/mol. The van der Waals surface area contributed by atoms with Gasteiger partial charge in [-0.2, -0.15) is 0 Å². The van der Waals surface area contributed by atoms with E-state index in [1.54, 1.807) is 18.4 Å². The van der Waals surface area contributed by atoms with Crippen molar-refractivity contribution in [1.82, 2.24) is 10.4 Å². The molecule has 3 N–H and O–H groups in total. The molecule has 2 rings (SSSR count). The normalized spacial score (nSPS) is 12.4. The molecule has 0 saturated heterocycles. The lowest BCUT2D eigenvalue weighted by atomic mass is 9.98. The van der Waals surface area contributed by atoms with Crippen LogP contribution >= 0.6 is 11.3 Å². The molecule has 0 amide bonds. The Balaban J connectivity index is 2.46. The first-order chi connectivity index (χ1) is 8.67. The number of hydrogen-bond donors (Lipinski definition) is 2. The van der Waals surface area contributed by atoms with Gasteiger partial charge in [-0.3, -0.25) is 10.8 Å². The first-order valence-corrected chi connectivity index (χ1v) is 6.55. The SMILES string of the molecule is COc1cc(C)c(C(NN)c2cncs2)cc1C. The minimum Gasteiger partial charge on any atom is -0.496 e. The maximum absolute atomic E-state index is 5.68. The molecule has 96 valence electrons. The Kier molecular flexibility index (Phi) is 3.96. The van der Waals surface area contributed by atoms with Crippen LogP contribution in [0.5, 0.6) is 5.75 Å². The maximum Gasteiger partial charge on any atom is 0.122 e. The molecule has 2 aromatic rings. The number of nitrogens with one attached hydrogen (secondary N) is 1. The van der Waals surface area contributed by atoms with Crippen LogP contribution < -0.4 is 16.0 Å². The number of aryl methyl sites for hydroxylation is 2. The monoisotopic (exact) mass is 263 g/mol. The van der Waals surface area contributed by atoms with Gasteiger partial charge in [-0.1, -0.05) is 6.07 Å².